The first kappa shape index (κ1) is 23.8. The largest absolute Gasteiger partial charge is 0.417 e. The van der Waals surface area contributed by atoms with Crippen LogP contribution < -0.4 is 0 Å². The van der Waals surface area contributed by atoms with Crippen molar-refractivity contribution in [3.05, 3.63) is 52.9 Å². The van der Waals surface area contributed by atoms with E-state index in [-0.39, 0.29) is 52.8 Å². The second kappa shape index (κ2) is 9.31. The van der Waals surface area contributed by atoms with Gasteiger partial charge in [0.05, 0.1) is 26.3 Å². The molecule has 1 amide bonds. The van der Waals surface area contributed by atoms with E-state index in [0.717, 1.165) is 36.0 Å². The monoisotopic (exact) mass is 497 g/mol. The number of hydrogen-bond donors (Lipinski definition) is 0. The summed E-state index contributed by atoms with van der Waals surface area (Å²) in [6.45, 7) is 0.389. The van der Waals surface area contributed by atoms with Crippen LogP contribution in [0.4, 0.5) is 17.6 Å². The van der Waals surface area contributed by atoms with Crippen molar-refractivity contribution in [3.8, 4) is 0 Å². The Bertz CT molecular complexity index is 1060. The first-order valence-corrected chi connectivity index (χ1v) is 11.7. The number of nitrogens with zero attached hydrogens (tertiary/aromatic N) is 3. The van der Waals surface area contributed by atoms with E-state index in [1.165, 1.54) is 15.3 Å². The van der Waals surface area contributed by atoms with Crippen molar-refractivity contribution in [1.29, 1.82) is 0 Å². The molecule has 0 N–H and O–H groups in total. The fraction of sp³-hybridized carbons (Fsp3) is 0.333. The molecule has 1 aliphatic heterocycles. The Morgan fingerprint density at radius 1 is 1.13 bits per heavy atom. The first-order chi connectivity index (χ1) is 14.5. The molecule has 0 unspecified atom stereocenters. The summed E-state index contributed by atoms with van der Waals surface area (Å²) in [6.07, 6.45) is -3.77. The number of rotatable bonds is 5. The summed E-state index contributed by atoms with van der Waals surface area (Å²) >= 11 is 6.66. The SMILES string of the molecule is O=C(CSc1ccc(C(F)(F)F)cn1)N1CCN(S(=O)(=O)c2ccc(F)c(Cl)c2)CC1. The standard InChI is InChI=1S/C18H16ClF4N3O3S2/c19-14-9-13(2-3-15(14)20)31(28,29)26-7-5-25(6-8-26)17(27)11-30-16-4-1-12(10-24-16)18(21,22)23/h1-4,9-10H,5-8,11H2. The molecular formula is C18H16ClF4N3O3S2. The molecule has 1 aromatic carbocycles. The molecule has 0 saturated carbocycles. The highest BCUT2D eigenvalue weighted by Crippen LogP contribution is 2.29. The fourth-order valence-electron chi connectivity index (χ4n) is 2.82. The number of sulfonamides is 1. The van der Waals surface area contributed by atoms with Gasteiger partial charge in [-0.25, -0.2) is 17.8 Å². The van der Waals surface area contributed by atoms with Gasteiger partial charge in [-0.05, 0) is 30.3 Å². The molecule has 1 aromatic heterocycles. The van der Waals surface area contributed by atoms with Crippen molar-refractivity contribution in [2.75, 3.05) is 31.9 Å². The van der Waals surface area contributed by atoms with E-state index in [9.17, 15) is 30.8 Å². The van der Waals surface area contributed by atoms with Gasteiger partial charge in [0.25, 0.3) is 0 Å². The molecule has 1 aliphatic rings. The summed E-state index contributed by atoms with van der Waals surface area (Å²) in [5, 5.41) is -0.0282. The van der Waals surface area contributed by atoms with Crippen LogP contribution in [0.1, 0.15) is 5.56 Å². The third kappa shape index (κ3) is 5.68. The predicted molar refractivity (Wildman–Crippen MR) is 107 cm³/mol. The highest BCUT2D eigenvalue weighted by Gasteiger charge is 2.32. The molecule has 13 heteroatoms. The topological polar surface area (TPSA) is 70.6 Å². The highest BCUT2D eigenvalue weighted by molar-refractivity contribution is 7.99. The zero-order valence-corrected chi connectivity index (χ0v) is 18.2. The van der Waals surface area contributed by atoms with Crippen LogP contribution in [0.25, 0.3) is 0 Å². The number of aromatic nitrogens is 1. The molecule has 2 aromatic rings. The molecule has 1 saturated heterocycles. The number of thioether (sulfide) groups is 1. The normalized spacial score (nSPS) is 15.8. The number of halogens is 5. The van der Waals surface area contributed by atoms with E-state index in [2.05, 4.69) is 4.98 Å². The van der Waals surface area contributed by atoms with Gasteiger partial charge in [0, 0.05) is 32.4 Å². The Hall–Kier alpha value is -1.89. The number of carbonyl (C=O) groups excluding carboxylic acids is 1. The van der Waals surface area contributed by atoms with Crippen LogP contribution in [0, 0.1) is 5.82 Å². The minimum atomic E-state index is -4.48. The maximum Gasteiger partial charge on any atom is 0.417 e. The second-order valence-electron chi connectivity index (χ2n) is 6.53. The molecule has 31 heavy (non-hydrogen) atoms. The average Bonchev–Trinajstić information content (AvgIpc) is 2.73. The van der Waals surface area contributed by atoms with Gasteiger partial charge in [-0.2, -0.15) is 17.5 Å². The zero-order chi connectivity index (χ0) is 22.8. The lowest BCUT2D eigenvalue weighted by Gasteiger charge is -2.34. The fourth-order valence-corrected chi connectivity index (χ4v) is 5.26. The summed E-state index contributed by atoms with van der Waals surface area (Å²) in [4.78, 5) is 17.4. The van der Waals surface area contributed by atoms with Gasteiger partial charge in [0.1, 0.15) is 5.82 Å². The van der Waals surface area contributed by atoms with Gasteiger partial charge in [-0.1, -0.05) is 23.4 Å². The molecule has 0 spiro atoms. The Balaban J connectivity index is 1.54. The van der Waals surface area contributed by atoms with E-state index in [4.69, 9.17) is 11.6 Å². The maximum absolute atomic E-state index is 13.3. The lowest BCUT2D eigenvalue weighted by Crippen LogP contribution is -2.50. The van der Waals surface area contributed by atoms with Crippen molar-refractivity contribution in [3.63, 3.8) is 0 Å². The lowest BCUT2D eigenvalue weighted by molar-refractivity contribution is -0.138. The van der Waals surface area contributed by atoms with Crippen LogP contribution >= 0.6 is 23.4 Å². The number of piperazine rings is 1. The molecule has 1 fully saturated rings. The van der Waals surface area contributed by atoms with Gasteiger partial charge in [-0.3, -0.25) is 4.79 Å². The predicted octanol–water partition coefficient (Wildman–Crippen LogP) is 3.52. The smallest absolute Gasteiger partial charge is 0.339 e. The van der Waals surface area contributed by atoms with Crippen LogP contribution in [0.5, 0.6) is 0 Å². The molecule has 3 rings (SSSR count). The number of carbonyl (C=O) groups is 1. The quantitative estimate of drug-likeness (QED) is 0.467. The number of hydrogen-bond acceptors (Lipinski definition) is 5. The van der Waals surface area contributed by atoms with Gasteiger partial charge in [0.15, 0.2) is 0 Å². The van der Waals surface area contributed by atoms with Crippen LogP contribution in [0.15, 0.2) is 46.5 Å². The minimum Gasteiger partial charge on any atom is -0.339 e. The van der Waals surface area contributed by atoms with E-state index in [1.54, 1.807) is 0 Å². The third-order valence-corrected chi connectivity index (χ3v) is 7.64. The molecule has 168 valence electrons. The summed E-state index contributed by atoms with van der Waals surface area (Å²) < 4.78 is 77.5. The van der Waals surface area contributed by atoms with Gasteiger partial charge in [-0.15, -0.1) is 0 Å². The van der Waals surface area contributed by atoms with E-state index in [0.29, 0.717) is 6.20 Å². The van der Waals surface area contributed by atoms with Crippen molar-refractivity contribution in [2.45, 2.75) is 16.1 Å². The van der Waals surface area contributed by atoms with Gasteiger partial charge in [0.2, 0.25) is 15.9 Å². The highest BCUT2D eigenvalue weighted by atomic mass is 35.5. The zero-order valence-electron chi connectivity index (χ0n) is 15.8. The molecule has 6 nitrogen and oxygen atoms in total. The molecule has 0 atom stereocenters. The molecule has 2 heterocycles. The Morgan fingerprint density at radius 3 is 2.35 bits per heavy atom. The summed E-state index contributed by atoms with van der Waals surface area (Å²) in [6, 6.07) is 5.23. The van der Waals surface area contributed by atoms with Crippen LogP contribution in [-0.4, -0.2) is 60.4 Å². The summed E-state index contributed by atoms with van der Waals surface area (Å²) in [5.74, 6) is -1.05. The number of alkyl halides is 3. The van der Waals surface area contributed by atoms with Crippen molar-refractivity contribution >= 4 is 39.3 Å². The van der Waals surface area contributed by atoms with E-state index < -0.39 is 27.6 Å². The maximum atomic E-state index is 13.3. The average molecular weight is 498 g/mol. The number of benzene rings is 1. The summed E-state index contributed by atoms with van der Waals surface area (Å²) in [7, 11) is -3.88. The minimum absolute atomic E-state index is 0.0430. The van der Waals surface area contributed by atoms with Gasteiger partial charge < -0.3 is 4.90 Å². The number of amides is 1. The molecule has 0 bridgehead atoms. The Labute approximate surface area is 185 Å². The molecule has 0 radical (unpaired) electrons. The van der Waals surface area contributed by atoms with Crippen molar-refractivity contribution in [1.82, 2.24) is 14.2 Å². The van der Waals surface area contributed by atoms with Crippen LogP contribution in [-0.2, 0) is 21.0 Å². The van der Waals surface area contributed by atoms with Crippen LogP contribution in [0.3, 0.4) is 0 Å². The van der Waals surface area contributed by atoms with Crippen LogP contribution in [0.2, 0.25) is 5.02 Å². The molecule has 0 aliphatic carbocycles. The number of pyridine rings is 1. The lowest BCUT2D eigenvalue weighted by atomic mass is 10.3. The Morgan fingerprint density at radius 2 is 1.81 bits per heavy atom. The Kier molecular flexibility index (Phi) is 7.14. The second-order valence-corrected chi connectivity index (χ2v) is 9.87. The van der Waals surface area contributed by atoms with E-state index >= 15 is 0 Å². The van der Waals surface area contributed by atoms with E-state index in [1.807, 2.05) is 0 Å². The summed E-state index contributed by atoms with van der Waals surface area (Å²) in [5.41, 5.74) is -0.872. The van der Waals surface area contributed by atoms with Gasteiger partial charge >= 0.3 is 6.18 Å². The third-order valence-electron chi connectivity index (χ3n) is 4.53. The molecular weight excluding hydrogens is 482 g/mol. The van der Waals surface area contributed by atoms with Crippen molar-refractivity contribution < 1.29 is 30.8 Å². The van der Waals surface area contributed by atoms with Crippen molar-refractivity contribution in [2.24, 2.45) is 0 Å². The first-order valence-electron chi connectivity index (χ1n) is 8.87.